The van der Waals surface area contributed by atoms with Crippen LogP contribution in [0.3, 0.4) is 0 Å². The molecule has 144 valence electrons. The Labute approximate surface area is 152 Å². The van der Waals surface area contributed by atoms with Crippen LogP contribution in [0.2, 0.25) is 0 Å². The van der Waals surface area contributed by atoms with Crippen LogP contribution in [0.5, 0.6) is 0 Å². The summed E-state index contributed by atoms with van der Waals surface area (Å²) in [6, 6.07) is 0. The molecule has 1 aliphatic rings. The van der Waals surface area contributed by atoms with Crippen LogP contribution >= 0.6 is 12.4 Å². The summed E-state index contributed by atoms with van der Waals surface area (Å²) in [6.07, 6.45) is 2.71. The fourth-order valence-corrected chi connectivity index (χ4v) is 4.10. The highest BCUT2D eigenvalue weighted by molar-refractivity contribution is 7.89. The molecule has 0 atom stereocenters. The van der Waals surface area contributed by atoms with E-state index in [1.165, 1.54) is 10.9 Å². The van der Waals surface area contributed by atoms with Gasteiger partial charge in [-0.25, -0.2) is 13.1 Å². The van der Waals surface area contributed by atoms with Gasteiger partial charge < -0.3 is 20.2 Å². The van der Waals surface area contributed by atoms with Crippen molar-refractivity contribution < 1.29 is 18.1 Å². The molecule has 2 heterocycles. The van der Waals surface area contributed by atoms with Crippen LogP contribution in [0.1, 0.15) is 19.8 Å². The smallest absolute Gasteiger partial charge is 0.384 e. The maximum absolute atomic E-state index is 12.6. The molecule has 0 aliphatic carbocycles. The second-order valence-electron chi connectivity index (χ2n) is 5.94. The van der Waals surface area contributed by atoms with Gasteiger partial charge in [0.2, 0.25) is 4.90 Å². The summed E-state index contributed by atoms with van der Waals surface area (Å²) in [6.45, 7) is 4.21. The number of piperidine rings is 1. The van der Waals surface area contributed by atoms with Crippen molar-refractivity contribution in [3.63, 3.8) is 0 Å². The highest BCUT2D eigenvalue weighted by atomic mass is 35.5. The minimum atomic E-state index is -4.03. The van der Waals surface area contributed by atoms with E-state index in [-0.39, 0.29) is 24.4 Å². The molecule has 0 bridgehead atoms. The van der Waals surface area contributed by atoms with Crippen LogP contribution in [-0.2, 0) is 21.3 Å². The molecule has 0 spiro atoms. The summed E-state index contributed by atoms with van der Waals surface area (Å²) in [4.78, 5) is 9.89. The fraction of sp³-hybridized carbons (Fsp3) is 0.769. The number of nitrogens with one attached hydrogen (secondary N) is 2. The Kier molecular flexibility index (Phi) is 7.75. The number of aryl methyl sites for hydroxylation is 1. The van der Waals surface area contributed by atoms with E-state index in [1.807, 2.05) is 0 Å². The van der Waals surface area contributed by atoms with Crippen LogP contribution in [0.25, 0.3) is 0 Å². The average Bonchev–Trinajstić information content (AvgIpc) is 3.00. The first-order valence-corrected chi connectivity index (χ1v) is 9.23. The molecule has 12 heteroatoms. The molecule has 2 N–H and O–H groups in total. The highest BCUT2D eigenvalue weighted by Crippen LogP contribution is 2.29. The number of nitrogens with zero attached hydrogens (tertiary/aromatic N) is 3. The van der Waals surface area contributed by atoms with Crippen molar-refractivity contribution in [3.05, 3.63) is 16.3 Å². The zero-order valence-electron chi connectivity index (χ0n) is 14.2. The van der Waals surface area contributed by atoms with E-state index in [4.69, 9.17) is 4.74 Å². The molecule has 0 amide bonds. The number of sulfonamides is 1. The monoisotopic (exact) mass is 397 g/mol. The molecule has 1 aromatic heterocycles. The van der Waals surface area contributed by atoms with Gasteiger partial charge >= 0.3 is 5.82 Å². The predicted molar refractivity (Wildman–Crippen MR) is 93.4 cm³/mol. The number of hydrogen-bond donors (Lipinski definition) is 2. The molecule has 0 aromatic carbocycles. The normalized spacial score (nSPS) is 17.0. The summed E-state index contributed by atoms with van der Waals surface area (Å²) in [5.74, 6) is -0.657. The Morgan fingerprint density at radius 1 is 1.48 bits per heavy atom. The molecule has 1 aliphatic heterocycles. The second-order valence-corrected chi connectivity index (χ2v) is 7.67. The second kappa shape index (κ2) is 8.90. The van der Waals surface area contributed by atoms with E-state index >= 15 is 0 Å². The molecule has 0 unspecified atom stereocenters. The Hall–Kier alpha value is -1.27. The number of hydrogen-bond acceptors (Lipinski definition) is 7. The van der Waals surface area contributed by atoms with Gasteiger partial charge in [0.05, 0.1) is 24.4 Å². The number of nitro groups is 1. The van der Waals surface area contributed by atoms with Crippen molar-refractivity contribution in [3.8, 4) is 0 Å². The zero-order chi connectivity index (χ0) is 17.8. The largest absolute Gasteiger partial charge is 0.410 e. The van der Waals surface area contributed by atoms with Gasteiger partial charge in [0.1, 0.15) is 0 Å². The maximum Gasteiger partial charge on any atom is 0.410 e. The Bertz CT molecular complexity index is 681. The van der Waals surface area contributed by atoms with E-state index in [9.17, 15) is 18.5 Å². The number of ether oxygens (including phenoxy) is 1. The molecule has 0 saturated carbocycles. The third-order valence-electron chi connectivity index (χ3n) is 4.25. The molecule has 1 fully saturated rings. The van der Waals surface area contributed by atoms with Gasteiger partial charge in [-0.1, -0.05) is 0 Å². The lowest BCUT2D eigenvalue weighted by atomic mass is 9.80. The Morgan fingerprint density at radius 2 is 2.12 bits per heavy atom. The molecular formula is C13H24ClN5O5S. The fourth-order valence-electron chi connectivity index (χ4n) is 2.83. The van der Waals surface area contributed by atoms with Gasteiger partial charge in [-0.05, 0) is 37.8 Å². The summed E-state index contributed by atoms with van der Waals surface area (Å²) >= 11 is 0. The maximum atomic E-state index is 12.6. The van der Waals surface area contributed by atoms with E-state index in [1.54, 1.807) is 14.0 Å². The SMILES string of the molecule is CCn1cc(S(=O)(=O)NCC2(COC)CCNCC2)c([N+](=O)[O-])n1.Cl. The van der Waals surface area contributed by atoms with Crippen molar-refractivity contribution in [2.75, 3.05) is 33.4 Å². The lowest BCUT2D eigenvalue weighted by Crippen LogP contribution is -2.47. The molecular weight excluding hydrogens is 374 g/mol. The molecule has 2 rings (SSSR count). The van der Waals surface area contributed by atoms with Crippen LogP contribution in [-0.4, -0.2) is 56.5 Å². The van der Waals surface area contributed by atoms with E-state index in [2.05, 4.69) is 15.1 Å². The third-order valence-corrected chi connectivity index (χ3v) is 5.64. The average molecular weight is 398 g/mol. The standard InChI is InChI=1S/C13H23N5O5S.ClH/c1-3-17-8-11(12(16-17)18(19)20)24(21,22)15-9-13(10-23-2)4-6-14-7-5-13;/h8,14-15H,3-7,9-10H2,1-2H3;1H. The molecule has 25 heavy (non-hydrogen) atoms. The van der Waals surface area contributed by atoms with E-state index < -0.39 is 25.7 Å². The summed E-state index contributed by atoms with van der Waals surface area (Å²) in [7, 11) is -2.45. The molecule has 0 radical (unpaired) electrons. The Morgan fingerprint density at radius 3 is 2.64 bits per heavy atom. The highest BCUT2D eigenvalue weighted by Gasteiger charge is 2.36. The van der Waals surface area contributed by atoms with E-state index in [0.717, 1.165) is 25.9 Å². The quantitative estimate of drug-likeness (QED) is 0.483. The van der Waals surface area contributed by atoms with Crippen molar-refractivity contribution in [2.45, 2.75) is 31.2 Å². The minimum absolute atomic E-state index is 0. The Balaban J connectivity index is 0.00000312. The summed E-state index contributed by atoms with van der Waals surface area (Å²) < 4.78 is 34.1. The van der Waals surface area contributed by atoms with Crippen molar-refractivity contribution in [2.24, 2.45) is 5.41 Å². The van der Waals surface area contributed by atoms with Gasteiger partial charge in [0.15, 0.2) is 0 Å². The van der Waals surface area contributed by atoms with Crippen molar-refractivity contribution in [1.82, 2.24) is 19.8 Å². The molecule has 1 saturated heterocycles. The van der Waals surface area contributed by atoms with Crippen LogP contribution < -0.4 is 10.0 Å². The van der Waals surface area contributed by atoms with Gasteiger partial charge in [-0.15, -0.1) is 12.4 Å². The summed E-state index contributed by atoms with van der Waals surface area (Å²) in [5, 5.41) is 18.0. The number of rotatable bonds is 8. The molecule has 10 nitrogen and oxygen atoms in total. The van der Waals surface area contributed by atoms with Crippen LogP contribution in [0.15, 0.2) is 11.1 Å². The van der Waals surface area contributed by atoms with Crippen molar-refractivity contribution in [1.29, 1.82) is 0 Å². The number of halogens is 1. The van der Waals surface area contributed by atoms with Gasteiger partial charge in [-0.3, -0.25) is 0 Å². The van der Waals surface area contributed by atoms with Crippen LogP contribution in [0.4, 0.5) is 5.82 Å². The lowest BCUT2D eigenvalue weighted by Gasteiger charge is -2.37. The summed E-state index contributed by atoms with van der Waals surface area (Å²) in [5.41, 5.74) is -0.317. The van der Waals surface area contributed by atoms with Gasteiger partial charge in [0.25, 0.3) is 10.0 Å². The van der Waals surface area contributed by atoms with Gasteiger partial charge in [-0.2, -0.15) is 4.68 Å². The van der Waals surface area contributed by atoms with Gasteiger partial charge in [0, 0.05) is 19.1 Å². The first-order valence-electron chi connectivity index (χ1n) is 7.75. The molecule has 1 aromatic rings. The topological polar surface area (TPSA) is 128 Å². The number of aromatic nitrogens is 2. The van der Waals surface area contributed by atoms with E-state index in [0.29, 0.717) is 13.2 Å². The number of methoxy groups -OCH3 is 1. The minimum Gasteiger partial charge on any atom is -0.384 e. The van der Waals surface area contributed by atoms with Crippen LogP contribution in [0, 0.1) is 15.5 Å². The zero-order valence-corrected chi connectivity index (χ0v) is 15.9. The first kappa shape index (κ1) is 21.8. The lowest BCUT2D eigenvalue weighted by molar-refractivity contribution is -0.392. The predicted octanol–water partition coefficient (Wildman–Crippen LogP) is 0.528. The van der Waals surface area contributed by atoms with Crippen molar-refractivity contribution >= 4 is 28.2 Å². The third kappa shape index (κ3) is 5.11. The first-order chi connectivity index (χ1) is 11.3.